The van der Waals surface area contributed by atoms with Crippen LogP contribution < -0.4 is 0 Å². The van der Waals surface area contributed by atoms with Crippen LogP contribution in [0, 0.1) is 0 Å². The lowest BCUT2D eigenvalue weighted by molar-refractivity contribution is 0.0595. The summed E-state index contributed by atoms with van der Waals surface area (Å²) in [5.74, 6) is -0.576. The minimum Gasteiger partial charge on any atom is -0.464 e. The Bertz CT molecular complexity index is 539. The molecule has 0 amide bonds. The highest BCUT2D eigenvalue weighted by Gasteiger charge is 2.20. The molecule has 5 heteroatoms. The zero-order chi connectivity index (χ0) is 19.2. The summed E-state index contributed by atoms with van der Waals surface area (Å²) in [7, 11) is 1.29. The molecule has 0 bridgehead atoms. The standard InChI is InChI=1S/C21H34ClNO3/c1-3-4-5-6-7-8-9-10-11-12-13-14-15-18(24)17-16-23-20(19(17)22)21(25)26-2/h16,23H,3-15H2,1-2H3. The summed E-state index contributed by atoms with van der Waals surface area (Å²) in [6.45, 7) is 2.25. The van der Waals surface area contributed by atoms with Crippen molar-refractivity contribution >= 4 is 23.4 Å². The molecule has 1 heterocycles. The molecule has 0 fully saturated rings. The number of hydrogen-bond donors (Lipinski definition) is 1. The maximum Gasteiger partial charge on any atom is 0.356 e. The van der Waals surface area contributed by atoms with Crippen LogP contribution in [0.1, 0.15) is 111 Å². The van der Waals surface area contributed by atoms with Gasteiger partial charge in [-0.1, -0.05) is 89.2 Å². The van der Waals surface area contributed by atoms with Crippen molar-refractivity contribution in [3.63, 3.8) is 0 Å². The Hall–Kier alpha value is -1.29. The molecule has 1 N–H and O–H groups in total. The molecule has 0 aliphatic heterocycles. The van der Waals surface area contributed by atoms with Crippen LogP contribution in [-0.2, 0) is 4.74 Å². The van der Waals surface area contributed by atoms with Crippen LogP contribution in [0.5, 0.6) is 0 Å². The SMILES string of the molecule is CCCCCCCCCCCCCCC(=O)c1c[nH]c(C(=O)OC)c1Cl. The van der Waals surface area contributed by atoms with Gasteiger partial charge in [-0.2, -0.15) is 0 Å². The Morgan fingerprint density at radius 1 is 0.923 bits per heavy atom. The maximum atomic E-state index is 12.2. The van der Waals surface area contributed by atoms with Crippen LogP contribution in [0.25, 0.3) is 0 Å². The average molecular weight is 384 g/mol. The predicted molar refractivity (Wildman–Crippen MR) is 107 cm³/mol. The lowest BCUT2D eigenvalue weighted by Crippen LogP contribution is -2.03. The van der Waals surface area contributed by atoms with Crippen LogP contribution in [0.4, 0.5) is 0 Å². The summed E-state index contributed by atoms with van der Waals surface area (Å²) in [6.07, 6.45) is 17.1. The predicted octanol–water partition coefficient (Wildman–Crippen LogP) is 6.73. The number of unbranched alkanes of at least 4 members (excludes halogenated alkanes) is 11. The van der Waals surface area contributed by atoms with E-state index < -0.39 is 5.97 Å². The molecule has 0 aliphatic rings. The van der Waals surface area contributed by atoms with Gasteiger partial charge in [0.25, 0.3) is 0 Å². The number of carbonyl (C=O) groups is 2. The first-order valence-electron chi connectivity index (χ1n) is 10.1. The van der Waals surface area contributed by atoms with E-state index in [2.05, 4.69) is 16.6 Å². The number of Topliss-reactive ketones (excluding diaryl/α,β-unsaturated/α-hetero) is 1. The summed E-state index contributed by atoms with van der Waals surface area (Å²) in [6, 6.07) is 0. The second-order valence-corrected chi connectivity index (χ2v) is 7.32. The minimum atomic E-state index is -0.556. The molecule has 0 saturated heterocycles. The van der Waals surface area contributed by atoms with Gasteiger partial charge in [0, 0.05) is 12.6 Å². The van der Waals surface area contributed by atoms with Crippen LogP contribution in [0.2, 0.25) is 5.02 Å². The van der Waals surface area contributed by atoms with Crippen molar-refractivity contribution in [3.8, 4) is 0 Å². The number of esters is 1. The van der Waals surface area contributed by atoms with E-state index in [-0.39, 0.29) is 16.5 Å². The van der Waals surface area contributed by atoms with Gasteiger partial charge in [0.1, 0.15) is 5.69 Å². The molecule has 0 spiro atoms. The summed E-state index contributed by atoms with van der Waals surface area (Å²) in [4.78, 5) is 26.4. The minimum absolute atomic E-state index is 0.0199. The van der Waals surface area contributed by atoms with E-state index in [1.807, 2.05) is 0 Å². The third-order valence-corrected chi connectivity index (χ3v) is 5.16. The first-order valence-corrected chi connectivity index (χ1v) is 10.5. The highest BCUT2D eigenvalue weighted by Crippen LogP contribution is 2.23. The number of methoxy groups -OCH3 is 1. The van der Waals surface area contributed by atoms with Crippen molar-refractivity contribution < 1.29 is 14.3 Å². The normalized spacial score (nSPS) is 10.9. The van der Waals surface area contributed by atoms with Crippen molar-refractivity contribution in [1.29, 1.82) is 0 Å². The number of H-pyrrole nitrogens is 1. The molecule has 26 heavy (non-hydrogen) atoms. The zero-order valence-electron chi connectivity index (χ0n) is 16.4. The molecule has 0 radical (unpaired) electrons. The Kier molecular flexibility index (Phi) is 12.1. The van der Waals surface area contributed by atoms with Crippen LogP contribution in [0.15, 0.2) is 6.20 Å². The number of carbonyl (C=O) groups excluding carboxylic acids is 2. The number of rotatable bonds is 15. The summed E-state index contributed by atoms with van der Waals surface area (Å²) in [5, 5.41) is 0.167. The second-order valence-electron chi connectivity index (χ2n) is 6.95. The van der Waals surface area contributed by atoms with Gasteiger partial charge in [-0.05, 0) is 6.42 Å². The fraction of sp³-hybridized carbons (Fsp3) is 0.714. The van der Waals surface area contributed by atoms with Gasteiger partial charge in [-0.25, -0.2) is 4.79 Å². The van der Waals surface area contributed by atoms with E-state index in [9.17, 15) is 9.59 Å². The molecular weight excluding hydrogens is 350 g/mol. The highest BCUT2D eigenvalue weighted by molar-refractivity contribution is 6.36. The molecule has 0 saturated carbocycles. The van der Waals surface area contributed by atoms with Crippen molar-refractivity contribution in [2.45, 2.75) is 90.4 Å². The fourth-order valence-corrected chi connectivity index (χ4v) is 3.41. The van der Waals surface area contributed by atoms with E-state index >= 15 is 0 Å². The highest BCUT2D eigenvalue weighted by atomic mass is 35.5. The van der Waals surface area contributed by atoms with E-state index in [4.69, 9.17) is 11.6 Å². The van der Waals surface area contributed by atoms with Crippen molar-refractivity contribution in [3.05, 3.63) is 22.5 Å². The first-order chi connectivity index (χ1) is 12.6. The Morgan fingerprint density at radius 3 is 1.92 bits per heavy atom. The molecule has 1 rings (SSSR count). The van der Waals surface area contributed by atoms with Crippen molar-refractivity contribution in [2.24, 2.45) is 0 Å². The molecule has 0 aromatic carbocycles. The molecular formula is C21H34ClNO3. The lowest BCUT2D eigenvalue weighted by atomic mass is 10.0. The maximum absolute atomic E-state index is 12.2. The molecule has 0 aliphatic carbocycles. The molecule has 0 atom stereocenters. The number of ketones is 1. The van der Waals surface area contributed by atoms with Gasteiger partial charge in [-0.3, -0.25) is 4.79 Å². The fourth-order valence-electron chi connectivity index (χ4n) is 3.12. The Balaban J connectivity index is 2.07. The first kappa shape index (κ1) is 22.8. The number of hydrogen-bond acceptors (Lipinski definition) is 3. The van der Waals surface area contributed by atoms with Crippen LogP contribution in [-0.4, -0.2) is 23.8 Å². The second kappa shape index (κ2) is 13.9. The van der Waals surface area contributed by atoms with E-state index in [0.717, 1.165) is 12.8 Å². The number of halogens is 1. The third kappa shape index (κ3) is 8.39. The number of nitrogens with one attached hydrogen (secondary N) is 1. The zero-order valence-corrected chi connectivity index (χ0v) is 17.1. The Labute approximate surface area is 163 Å². The van der Waals surface area contributed by atoms with Gasteiger partial charge in [0.05, 0.1) is 17.7 Å². The molecule has 1 aromatic rings. The van der Waals surface area contributed by atoms with Gasteiger partial charge < -0.3 is 9.72 Å². The average Bonchev–Trinajstić information content (AvgIpc) is 3.03. The van der Waals surface area contributed by atoms with Crippen LogP contribution >= 0.6 is 11.6 Å². The summed E-state index contributed by atoms with van der Waals surface area (Å²) < 4.78 is 4.62. The molecule has 148 valence electrons. The van der Waals surface area contributed by atoms with Crippen molar-refractivity contribution in [2.75, 3.05) is 7.11 Å². The van der Waals surface area contributed by atoms with Gasteiger partial charge in [0.2, 0.25) is 0 Å². The largest absolute Gasteiger partial charge is 0.464 e. The molecule has 4 nitrogen and oxygen atoms in total. The van der Waals surface area contributed by atoms with Gasteiger partial charge in [-0.15, -0.1) is 0 Å². The topological polar surface area (TPSA) is 59.2 Å². The van der Waals surface area contributed by atoms with E-state index in [1.165, 1.54) is 77.5 Å². The quantitative estimate of drug-likeness (QED) is 0.207. The monoisotopic (exact) mass is 383 g/mol. The molecule has 1 aromatic heterocycles. The lowest BCUT2D eigenvalue weighted by Gasteiger charge is -2.03. The number of aromatic amines is 1. The Morgan fingerprint density at radius 2 is 1.42 bits per heavy atom. The number of aromatic nitrogens is 1. The van der Waals surface area contributed by atoms with Gasteiger partial charge in [0.15, 0.2) is 5.78 Å². The van der Waals surface area contributed by atoms with E-state index in [1.54, 1.807) is 0 Å². The third-order valence-electron chi connectivity index (χ3n) is 4.76. The van der Waals surface area contributed by atoms with Crippen molar-refractivity contribution in [1.82, 2.24) is 4.98 Å². The smallest absolute Gasteiger partial charge is 0.356 e. The van der Waals surface area contributed by atoms with Gasteiger partial charge >= 0.3 is 5.97 Å². The molecule has 0 unspecified atom stereocenters. The van der Waals surface area contributed by atoms with E-state index in [0.29, 0.717) is 12.0 Å². The number of ether oxygens (including phenoxy) is 1. The summed E-state index contributed by atoms with van der Waals surface area (Å²) in [5.41, 5.74) is 0.530. The summed E-state index contributed by atoms with van der Waals surface area (Å²) >= 11 is 6.09. The van der Waals surface area contributed by atoms with Crippen LogP contribution in [0.3, 0.4) is 0 Å².